The lowest BCUT2D eigenvalue weighted by Gasteiger charge is -2.23. The van der Waals surface area contributed by atoms with Crippen LogP contribution in [0.4, 0.5) is 0 Å². The van der Waals surface area contributed by atoms with Crippen LogP contribution >= 0.6 is 11.6 Å². The van der Waals surface area contributed by atoms with E-state index in [9.17, 15) is 5.26 Å². The minimum absolute atomic E-state index is 0.170. The van der Waals surface area contributed by atoms with E-state index in [1.54, 1.807) is 6.26 Å². The van der Waals surface area contributed by atoms with Crippen LogP contribution in [0.2, 0.25) is 5.02 Å². The fraction of sp³-hybridized carbons (Fsp3) is 0.118. The molecule has 3 rings (SSSR count). The number of hydrogen-bond donors (Lipinski definition) is 1. The predicted molar refractivity (Wildman–Crippen MR) is 82.3 cm³/mol. The first-order chi connectivity index (χ1) is 10.2. The van der Waals surface area contributed by atoms with Crippen molar-refractivity contribution in [3.05, 3.63) is 76.4 Å². The van der Waals surface area contributed by atoms with Crippen molar-refractivity contribution in [2.75, 3.05) is 0 Å². The summed E-state index contributed by atoms with van der Waals surface area (Å²) in [4.78, 5) is 0. The number of nitrogens with zero attached hydrogens (tertiary/aromatic N) is 1. The molecule has 0 bridgehead atoms. The summed E-state index contributed by atoms with van der Waals surface area (Å²) in [6, 6.07) is 13.6. The third-order valence-corrected chi connectivity index (χ3v) is 3.75. The van der Waals surface area contributed by atoms with Crippen molar-refractivity contribution in [3.8, 4) is 6.07 Å². The summed E-state index contributed by atoms with van der Waals surface area (Å²) in [7, 11) is 0. The molecule has 3 nitrogen and oxygen atoms in total. The number of nitrogens with one attached hydrogen (secondary N) is 1. The Hall–Kier alpha value is -2.44. The third kappa shape index (κ3) is 2.58. The molecule has 2 heterocycles. The minimum atomic E-state index is -0.170. The molecule has 1 aliphatic heterocycles. The molecule has 0 fully saturated rings. The Bertz CT molecular complexity index is 749. The SMILES string of the molecule is CC1=C(C#N)C(c2ccco2)C=C(c2ccc(Cl)cc2)N1. The molecule has 1 aromatic heterocycles. The van der Waals surface area contributed by atoms with Gasteiger partial charge in [-0.25, -0.2) is 0 Å². The zero-order valence-electron chi connectivity index (χ0n) is 11.4. The van der Waals surface area contributed by atoms with E-state index in [4.69, 9.17) is 16.0 Å². The Morgan fingerprint density at radius 3 is 2.62 bits per heavy atom. The van der Waals surface area contributed by atoms with Gasteiger partial charge < -0.3 is 9.73 Å². The first kappa shape index (κ1) is 13.5. The van der Waals surface area contributed by atoms with E-state index in [1.807, 2.05) is 49.4 Å². The number of halogens is 1. The number of rotatable bonds is 2. The number of hydrogen-bond acceptors (Lipinski definition) is 3. The number of nitriles is 1. The summed E-state index contributed by atoms with van der Waals surface area (Å²) in [6.07, 6.45) is 3.63. The molecule has 0 saturated carbocycles. The quantitative estimate of drug-likeness (QED) is 0.890. The fourth-order valence-corrected chi connectivity index (χ4v) is 2.56. The summed E-state index contributed by atoms with van der Waals surface area (Å²) in [5.41, 5.74) is 3.48. The molecule has 2 aromatic rings. The van der Waals surface area contributed by atoms with Crippen molar-refractivity contribution < 1.29 is 4.42 Å². The van der Waals surface area contributed by atoms with Gasteiger partial charge in [0.05, 0.1) is 23.8 Å². The molecule has 1 atom stereocenters. The Balaban J connectivity index is 2.04. The Kier molecular flexibility index (Phi) is 3.55. The largest absolute Gasteiger partial charge is 0.468 e. The number of allylic oxidation sites excluding steroid dienone is 3. The molecule has 4 heteroatoms. The molecular formula is C17H13ClN2O. The number of dihydropyridines is 1. The molecule has 21 heavy (non-hydrogen) atoms. The molecule has 0 aliphatic carbocycles. The average Bonchev–Trinajstić information content (AvgIpc) is 3.01. The molecule has 0 saturated heterocycles. The highest BCUT2D eigenvalue weighted by atomic mass is 35.5. The van der Waals surface area contributed by atoms with Gasteiger partial charge in [0.2, 0.25) is 0 Å². The highest BCUT2D eigenvalue weighted by Crippen LogP contribution is 2.34. The molecule has 0 radical (unpaired) electrons. The summed E-state index contributed by atoms with van der Waals surface area (Å²) >= 11 is 5.93. The molecule has 1 aromatic carbocycles. The van der Waals surface area contributed by atoms with E-state index in [0.717, 1.165) is 22.7 Å². The van der Waals surface area contributed by atoms with Crippen LogP contribution in [0.15, 0.2) is 64.4 Å². The van der Waals surface area contributed by atoms with E-state index in [1.165, 1.54) is 0 Å². The van der Waals surface area contributed by atoms with Gasteiger partial charge in [-0.05, 0) is 42.8 Å². The first-order valence-corrected chi connectivity index (χ1v) is 6.96. The van der Waals surface area contributed by atoms with Crippen LogP contribution in [0.25, 0.3) is 5.70 Å². The van der Waals surface area contributed by atoms with Gasteiger partial charge in [-0.15, -0.1) is 0 Å². The van der Waals surface area contributed by atoms with Gasteiger partial charge in [0, 0.05) is 16.4 Å². The standard InChI is InChI=1S/C17H13ClN2O/c1-11-15(10-19)14(17-3-2-8-21-17)9-16(20-11)12-4-6-13(18)7-5-12/h2-9,14,20H,1H3. The second kappa shape index (κ2) is 5.51. The molecular weight excluding hydrogens is 284 g/mol. The van der Waals surface area contributed by atoms with Gasteiger partial charge in [-0.2, -0.15) is 5.26 Å². The van der Waals surface area contributed by atoms with Crippen LogP contribution in [0, 0.1) is 11.3 Å². The van der Waals surface area contributed by atoms with Gasteiger partial charge in [0.1, 0.15) is 5.76 Å². The van der Waals surface area contributed by atoms with Crippen molar-refractivity contribution in [1.82, 2.24) is 5.32 Å². The maximum atomic E-state index is 9.39. The van der Waals surface area contributed by atoms with Gasteiger partial charge >= 0.3 is 0 Å². The number of furan rings is 1. The van der Waals surface area contributed by atoms with Crippen LogP contribution in [0.5, 0.6) is 0 Å². The van der Waals surface area contributed by atoms with Crippen molar-refractivity contribution >= 4 is 17.3 Å². The van der Waals surface area contributed by atoms with Crippen molar-refractivity contribution in [2.45, 2.75) is 12.8 Å². The molecule has 104 valence electrons. The maximum absolute atomic E-state index is 9.39. The van der Waals surface area contributed by atoms with Crippen LogP contribution in [0.1, 0.15) is 24.2 Å². The van der Waals surface area contributed by atoms with Crippen LogP contribution < -0.4 is 5.32 Å². The van der Waals surface area contributed by atoms with E-state index < -0.39 is 0 Å². The Morgan fingerprint density at radius 1 is 1.24 bits per heavy atom. The van der Waals surface area contributed by atoms with Crippen LogP contribution in [-0.2, 0) is 0 Å². The van der Waals surface area contributed by atoms with Gasteiger partial charge in [0.25, 0.3) is 0 Å². The second-order valence-electron chi connectivity index (χ2n) is 4.86. The van der Waals surface area contributed by atoms with E-state index in [2.05, 4.69) is 11.4 Å². The van der Waals surface area contributed by atoms with E-state index in [0.29, 0.717) is 10.6 Å². The van der Waals surface area contributed by atoms with Gasteiger partial charge in [-0.1, -0.05) is 23.7 Å². The second-order valence-corrected chi connectivity index (χ2v) is 5.29. The zero-order chi connectivity index (χ0) is 14.8. The molecule has 1 N–H and O–H groups in total. The smallest absolute Gasteiger partial charge is 0.115 e. The maximum Gasteiger partial charge on any atom is 0.115 e. The van der Waals surface area contributed by atoms with E-state index >= 15 is 0 Å². The Morgan fingerprint density at radius 2 is 2.00 bits per heavy atom. The summed E-state index contributed by atoms with van der Waals surface area (Å²) in [5.74, 6) is 0.593. The van der Waals surface area contributed by atoms with Crippen molar-refractivity contribution in [1.29, 1.82) is 5.26 Å². The van der Waals surface area contributed by atoms with Gasteiger partial charge in [0.15, 0.2) is 0 Å². The summed E-state index contributed by atoms with van der Waals surface area (Å²) < 4.78 is 5.48. The van der Waals surface area contributed by atoms with Crippen LogP contribution in [0.3, 0.4) is 0 Å². The molecule has 1 unspecified atom stereocenters. The minimum Gasteiger partial charge on any atom is -0.468 e. The van der Waals surface area contributed by atoms with Gasteiger partial charge in [-0.3, -0.25) is 0 Å². The van der Waals surface area contributed by atoms with Crippen molar-refractivity contribution in [3.63, 3.8) is 0 Å². The zero-order valence-corrected chi connectivity index (χ0v) is 12.2. The average molecular weight is 297 g/mol. The lowest BCUT2D eigenvalue weighted by molar-refractivity contribution is 0.504. The normalized spacial score (nSPS) is 18.0. The third-order valence-electron chi connectivity index (χ3n) is 3.50. The number of benzene rings is 1. The lowest BCUT2D eigenvalue weighted by Crippen LogP contribution is -2.19. The monoisotopic (exact) mass is 296 g/mol. The summed E-state index contributed by atoms with van der Waals surface area (Å²) in [6.45, 7) is 1.90. The molecule has 0 spiro atoms. The fourth-order valence-electron chi connectivity index (χ4n) is 2.44. The predicted octanol–water partition coefficient (Wildman–Crippen LogP) is 4.46. The lowest BCUT2D eigenvalue weighted by atomic mass is 9.90. The summed E-state index contributed by atoms with van der Waals surface area (Å²) in [5, 5.41) is 13.4. The first-order valence-electron chi connectivity index (χ1n) is 6.58. The van der Waals surface area contributed by atoms with Crippen LogP contribution in [-0.4, -0.2) is 0 Å². The highest BCUT2D eigenvalue weighted by molar-refractivity contribution is 6.30. The molecule has 1 aliphatic rings. The van der Waals surface area contributed by atoms with E-state index in [-0.39, 0.29) is 5.92 Å². The highest BCUT2D eigenvalue weighted by Gasteiger charge is 2.25. The Labute approximate surface area is 128 Å². The molecule has 0 amide bonds. The topological polar surface area (TPSA) is 49.0 Å². The van der Waals surface area contributed by atoms with Crippen molar-refractivity contribution in [2.24, 2.45) is 0 Å².